The second-order valence-electron chi connectivity index (χ2n) is 5.63. The van der Waals surface area contributed by atoms with Crippen LogP contribution in [0.25, 0.3) is 0 Å². The lowest BCUT2D eigenvalue weighted by molar-refractivity contribution is -0.129. The van der Waals surface area contributed by atoms with Crippen LogP contribution < -0.4 is 21.9 Å². The molecule has 7 nitrogen and oxygen atoms in total. The molecule has 1 rings (SSSR count). The van der Waals surface area contributed by atoms with E-state index >= 15 is 0 Å². The highest BCUT2D eigenvalue weighted by Gasteiger charge is 2.14. The monoisotopic (exact) mass is 334 g/mol. The number of carbonyl (C=O) groups is 3. The molecule has 1 aromatic rings. The van der Waals surface area contributed by atoms with Crippen molar-refractivity contribution in [1.29, 1.82) is 0 Å². The minimum atomic E-state index is -0.717. The molecule has 0 aliphatic carbocycles. The Morgan fingerprint density at radius 1 is 1.04 bits per heavy atom. The van der Waals surface area contributed by atoms with Crippen LogP contribution in [0.1, 0.15) is 38.2 Å². The molecule has 24 heavy (non-hydrogen) atoms. The van der Waals surface area contributed by atoms with Crippen LogP contribution in [0.3, 0.4) is 0 Å². The Morgan fingerprint density at radius 2 is 1.75 bits per heavy atom. The molecule has 1 aromatic carbocycles. The van der Waals surface area contributed by atoms with Gasteiger partial charge < -0.3 is 11.1 Å². The molecule has 132 valence electrons. The van der Waals surface area contributed by atoms with Crippen molar-refractivity contribution >= 4 is 17.7 Å². The summed E-state index contributed by atoms with van der Waals surface area (Å²) >= 11 is 0. The molecule has 7 heteroatoms. The average molecular weight is 334 g/mol. The van der Waals surface area contributed by atoms with Crippen LogP contribution in [0, 0.1) is 0 Å². The number of hydrogen-bond acceptors (Lipinski definition) is 4. The molecule has 0 bridgehead atoms. The average Bonchev–Trinajstić information content (AvgIpc) is 2.56. The van der Waals surface area contributed by atoms with Gasteiger partial charge in [0.25, 0.3) is 5.91 Å². The zero-order valence-electron chi connectivity index (χ0n) is 14.0. The van der Waals surface area contributed by atoms with E-state index < -0.39 is 11.9 Å². The van der Waals surface area contributed by atoms with Gasteiger partial charge in [0.05, 0.1) is 6.04 Å². The first-order valence-corrected chi connectivity index (χ1v) is 8.11. The summed E-state index contributed by atoms with van der Waals surface area (Å²) in [5, 5.41) is 2.70. The summed E-state index contributed by atoms with van der Waals surface area (Å²) in [7, 11) is 0. The van der Waals surface area contributed by atoms with Gasteiger partial charge in [-0.1, -0.05) is 36.8 Å². The topological polar surface area (TPSA) is 113 Å². The number of nitrogens with two attached hydrogens (primary N) is 1. The summed E-state index contributed by atoms with van der Waals surface area (Å²) in [4.78, 5) is 34.2. The molecular weight excluding hydrogens is 308 g/mol. The third kappa shape index (κ3) is 8.89. The standard InChI is InChI=1S/C17H26N4O3/c1-13(22)19-11-7-3-6-10-16(23)20-21-17(24)15(18)12-14-8-4-2-5-9-14/h2,4-5,8-9,15H,3,6-7,10-12,18H2,1H3,(H,19,22)(H,20,23)(H,21,24)/t15-/m1/s1. The fourth-order valence-corrected chi connectivity index (χ4v) is 2.10. The van der Waals surface area contributed by atoms with E-state index in [4.69, 9.17) is 5.73 Å². The number of unbranched alkanes of at least 4 members (excludes halogenated alkanes) is 2. The minimum absolute atomic E-state index is 0.0534. The molecule has 0 radical (unpaired) electrons. The molecule has 5 N–H and O–H groups in total. The molecule has 0 spiro atoms. The second-order valence-corrected chi connectivity index (χ2v) is 5.63. The Kier molecular flexibility index (Phi) is 9.14. The maximum absolute atomic E-state index is 11.8. The Balaban J connectivity index is 2.12. The van der Waals surface area contributed by atoms with Gasteiger partial charge in [0.15, 0.2) is 0 Å². The quantitative estimate of drug-likeness (QED) is 0.387. The zero-order valence-corrected chi connectivity index (χ0v) is 14.0. The molecule has 0 aromatic heterocycles. The van der Waals surface area contributed by atoms with E-state index in [-0.39, 0.29) is 11.8 Å². The van der Waals surface area contributed by atoms with E-state index in [0.29, 0.717) is 25.8 Å². The van der Waals surface area contributed by atoms with Crippen molar-refractivity contribution in [2.24, 2.45) is 5.73 Å². The summed E-state index contributed by atoms with van der Waals surface area (Å²) < 4.78 is 0. The molecule has 0 saturated carbocycles. The lowest BCUT2D eigenvalue weighted by Gasteiger charge is -2.13. The van der Waals surface area contributed by atoms with Crippen LogP contribution in [0.2, 0.25) is 0 Å². The molecule has 0 fully saturated rings. The predicted octanol–water partition coefficient (Wildman–Crippen LogP) is 0.400. The number of amides is 3. The molecule has 0 aliphatic heterocycles. The SMILES string of the molecule is CC(=O)NCCCCCC(=O)NNC(=O)[C@H](N)Cc1ccccc1. The van der Waals surface area contributed by atoms with Crippen molar-refractivity contribution in [3.63, 3.8) is 0 Å². The van der Waals surface area contributed by atoms with Gasteiger partial charge in [0.1, 0.15) is 0 Å². The summed E-state index contributed by atoms with van der Waals surface area (Å²) in [5.41, 5.74) is 11.5. The number of hydrogen-bond donors (Lipinski definition) is 4. The molecule has 0 heterocycles. The fraction of sp³-hybridized carbons (Fsp3) is 0.471. The summed E-state index contributed by atoms with van der Waals surface area (Å²) in [6, 6.07) is 8.73. The Bertz CT molecular complexity index is 534. The molecule has 0 unspecified atom stereocenters. The molecule has 1 atom stereocenters. The van der Waals surface area contributed by atoms with E-state index in [1.165, 1.54) is 6.92 Å². The maximum atomic E-state index is 11.8. The molecule has 0 saturated heterocycles. The van der Waals surface area contributed by atoms with E-state index in [1.807, 2.05) is 30.3 Å². The summed E-state index contributed by atoms with van der Waals surface area (Å²) in [5.74, 6) is -0.727. The summed E-state index contributed by atoms with van der Waals surface area (Å²) in [6.45, 7) is 2.08. The van der Waals surface area contributed by atoms with Crippen molar-refractivity contribution < 1.29 is 14.4 Å². The first-order valence-electron chi connectivity index (χ1n) is 8.11. The first kappa shape index (κ1) is 19.6. The molecule has 0 aliphatic rings. The summed E-state index contributed by atoms with van der Waals surface area (Å²) in [6.07, 6.45) is 3.06. The Labute approximate surface area is 142 Å². The van der Waals surface area contributed by atoms with Gasteiger partial charge in [0, 0.05) is 19.9 Å². The van der Waals surface area contributed by atoms with Gasteiger partial charge in [-0.05, 0) is 24.8 Å². The number of benzene rings is 1. The number of rotatable bonds is 9. The third-order valence-electron chi connectivity index (χ3n) is 3.41. The van der Waals surface area contributed by atoms with Crippen molar-refractivity contribution in [3.8, 4) is 0 Å². The van der Waals surface area contributed by atoms with Crippen molar-refractivity contribution in [2.45, 2.75) is 45.1 Å². The number of hydrazine groups is 1. The Hall–Kier alpha value is -2.41. The lowest BCUT2D eigenvalue weighted by Crippen LogP contribution is -2.50. The third-order valence-corrected chi connectivity index (χ3v) is 3.41. The van der Waals surface area contributed by atoms with Crippen LogP contribution in [-0.2, 0) is 20.8 Å². The van der Waals surface area contributed by atoms with Gasteiger partial charge in [-0.3, -0.25) is 25.2 Å². The normalized spacial score (nSPS) is 11.4. The van der Waals surface area contributed by atoms with E-state index in [2.05, 4.69) is 16.2 Å². The van der Waals surface area contributed by atoms with E-state index in [1.54, 1.807) is 0 Å². The molecular formula is C17H26N4O3. The van der Waals surface area contributed by atoms with Crippen LogP contribution in [0.4, 0.5) is 0 Å². The fourth-order valence-electron chi connectivity index (χ4n) is 2.10. The van der Waals surface area contributed by atoms with Crippen LogP contribution in [0.15, 0.2) is 30.3 Å². The number of carbonyl (C=O) groups excluding carboxylic acids is 3. The highest BCUT2D eigenvalue weighted by Crippen LogP contribution is 2.02. The van der Waals surface area contributed by atoms with Gasteiger partial charge in [-0.2, -0.15) is 0 Å². The van der Waals surface area contributed by atoms with Gasteiger partial charge in [-0.25, -0.2) is 0 Å². The first-order chi connectivity index (χ1) is 11.5. The van der Waals surface area contributed by atoms with Crippen molar-refractivity contribution in [3.05, 3.63) is 35.9 Å². The smallest absolute Gasteiger partial charge is 0.255 e. The van der Waals surface area contributed by atoms with Crippen LogP contribution in [0.5, 0.6) is 0 Å². The van der Waals surface area contributed by atoms with E-state index in [9.17, 15) is 14.4 Å². The highest BCUT2D eigenvalue weighted by atomic mass is 16.2. The molecule has 3 amide bonds. The second kappa shape index (κ2) is 11.2. The number of nitrogens with one attached hydrogen (secondary N) is 3. The van der Waals surface area contributed by atoms with Gasteiger partial charge >= 0.3 is 0 Å². The van der Waals surface area contributed by atoms with E-state index in [0.717, 1.165) is 18.4 Å². The maximum Gasteiger partial charge on any atom is 0.255 e. The largest absolute Gasteiger partial charge is 0.356 e. The minimum Gasteiger partial charge on any atom is -0.356 e. The lowest BCUT2D eigenvalue weighted by atomic mass is 10.1. The van der Waals surface area contributed by atoms with Gasteiger partial charge in [-0.15, -0.1) is 0 Å². The van der Waals surface area contributed by atoms with Crippen molar-refractivity contribution in [1.82, 2.24) is 16.2 Å². The highest BCUT2D eigenvalue weighted by molar-refractivity contribution is 5.85. The van der Waals surface area contributed by atoms with Crippen molar-refractivity contribution in [2.75, 3.05) is 6.54 Å². The predicted molar refractivity (Wildman–Crippen MR) is 91.6 cm³/mol. The zero-order chi connectivity index (χ0) is 17.8. The van der Waals surface area contributed by atoms with Gasteiger partial charge in [0.2, 0.25) is 11.8 Å². The van der Waals surface area contributed by atoms with Crippen LogP contribution >= 0.6 is 0 Å². The Morgan fingerprint density at radius 3 is 2.42 bits per heavy atom. The van der Waals surface area contributed by atoms with Crippen LogP contribution in [-0.4, -0.2) is 30.3 Å².